The van der Waals surface area contributed by atoms with Gasteiger partial charge in [0.15, 0.2) is 0 Å². The van der Waals surface area contributed by atoms with E-state index in [9.17, 15) is 22.8 Å². The maximum atomic E-state index is 12.3. The minimum absolute atomic E-state index is 0.00948. The van der Waals surface area contributed by atoms with Gasteiger partial charge in [0.2, 0.25) is 11.8 Å². The Morgan fingerprint density at radius 2 is 1.85 bits per heavy atom. The van der Waals surface area contributed by atoms with Crippen LogP contribution in [-0.2, 0) is 9.59 Å². The van der Waals surface area contributed by atoms with Gasteiger partial charge in [0, 0.05) is 6.54 Å². The van der Waals surface area contributed by atoms with E-state index in [1.165, 1.54) is 0 Å². The molecule has 1 atom stereocenters. The van der Waals surface area contributed by atoms with E-state index in [4.69, 9.17) is 5.73 Å². The van der Waals surface area contributed by atoms with E-state index in [0.717, 1.165) is 0 Å². The van der Waals surface area contributed by atoms with Crippen molar-refractivity contribution in [1.82, 2.24) is 10.2 Å². The summed E-state index contributed by atoms with van der Waals surface area (Å²) in [7, 11) is 0. The number of halogens is 3. The molecule has 0 heterocycles. The molecule has 0 spiro atoms. The molecule has 3 N–H and O–H groups in total. The lowest BCUT2D eigenvalue weighted by molar-refractivity contribution is -0.160. The van der Waals surface area contributed by atoms with Crippen LogP contribution in [-0.4, -0.2) is 48.6 Å². The first kappa shape index (κ1) is 18.7. The van der Waals surface area contributed by atoms with Gasteiger partial charge >= 0.3 is 6.18 Å². The number of nitrogens with two attached hydrogens (primary N) is 1. The number of amides is 2. The SMILES string of the molecule is CCCN(CC(F)(F)F)C(=O)CNC(=O)[C@@H](N)C(C)C. The fourth-order valence-corrected chi connectivity index (χ4v) is 1.47. The third kappa shape index (κ3) is 7.32. The summed E-state index contributed by atoms with van der Waals surface area (Å²) in [5.41, 5.74) is 5.57. The number of nitrogens with one attached hydrogen (secondary N) is 1. The quantitative estimate of drug-likeness (QED) is 0.732. The molecule has 20 heavy (non-hydrogen) atoms. The van der Waals surface area contributed by atoms with Crippen LogP contribution >= 0.6 is 0 Å². The molecule has 0 aromatic heterocycles. The molecule has 0 aliphatic rings. The highest BCUT2D eigenvalue weighted by molar-refractivity contribution is 5.87. The molecule has 0 aromatic carbocycles. The van der Waals surface area contributed by atoms with E-state index >= 15 is 0 Å². The molecular formula is C12H22F3N3O2. The average molecular weight is 297 g/mol. The first-order valence-electron chi connectivity index (χ1n) is 6.46. The highest BCUT2D eigenvalue weighted by Crippen LogP contribution is 2.16. The zero-order valence-electron chi connectivity index (χ0n) is 12.0. The fraction of sp³-hybridized carbons (Fsp3) is 0.833. The second-order valence-electron chi connectivity index (χ2n) is 4.92. The standard InChI is InChI=1S/C12H22F3N3O2/c1-4-5-18(7-12(13,14)15)9(19)6-17-11(20)10(16)8(2)3/h8,10H,4-7,16H2,1-3H3,(H,17,20)/t10-/m0/s1. The minimum atomic E-state index is -4.46. The van der Waals surface area contributed by atoms with Gasteiger partial charge in [-0.3, -0.25) is 9.59 Å². The lowest BCUT2D eigenvalue weighted by Gasteiger charge is -2.24. The molecule has 2 amide bonds. The van der Waals surface area contributed by atoms with Gasteiger partial charge in [-0.1, -0.05) is 20.8 Å². The molecule has 8 heteroatoms. The second-order valence-corrected chi connectivity index (χ2v) is 4.92. The highest BCUT2D eigenvalue weighted by Gasteiger charge is 2.32. The van der Waals surface area contributed by atoms with Crippen LogP contribution in [0.25, 0.3) is 0 Å². The minimum Gasteiger partial charge on any atom is -0.346 e. The summed E-state index contributed by atoms with van der Waals surface area (Å²) in [6.45, 7) is 3.34. The van der Waals surface area contributed by atoms with Gasteiger partial charge in [0.05, 0.1) is 12.6 Å². The number of carbonyl (C=O) groups is 2. The Kier molecular flexibility index (Phi) is 7.55. The van der Waals surface area contributed by atoms with Crippen LogP contribution in [0.4, 0.5) is 13.2 Å². The van der Waals surface area contributed by atoms with E-state index in [1.807, 2.05) is 0 Å². The van der Waals surface area contributed by atoms with Crippen molar-refractivity contribution in [3.8, 4) is 0 Å². The van der Waals surface area contributed by atoms with E-state index < -0.39 is 37.1 Å². The molecule has 0 aliphatic heterocycles. The summed E-state index contributed by atoms with van der Waals surface area (Å²) in [6, 6.07) is -0.787. The molecule has 0 saturated heterocycles. The number of nitrogens with zero attached hydrogens (tertiary/aromatic N) is 1. The average Bonchev–Trinajstić information content (AvgIpc) is 2.32. The molecule has 5 nitrogen and oxygen atoms in total. The van der Waals surface area contributed by atoms with Crippen molar-refractivity contribution >= 4 is 11.8 Å². The molecular weight excluding hydrogens is 275 g/mol. The van der Waals surface area contributed by atoms with E-state index in [2.05, 4.69) is 5.32 Å². The Bertz CT molecular complexity index is 332. The summed E-state index contributed by atoms with van der Waals surface area (Å²) >= 11 is 0. The van der Waals surface area contributed by atoms with E-state index in [0.29, 0.717) is 11.3 Å². The third-order valence-corrected chi connectivity index (χ3v) is 2.65. The molecule has 0 aromatic rings. The van der Waals surface area contributed by atoms with Crippen LogP contribution in [0.2, 0.25) is 0 Å². The topological polar surface area (TPSA) is 75.4 Å². The van der Waals surface area contributed by atoms with Gasteiger partial charge in [0.25, 0.3) is 0 Å². The Morgan fingerprint density at radius 1 is 1.30 bits per heavy atom. The summed E-state index contributed by atoms with van der Waals surface area (Å²) in [5, 5.41) is 2.27. The van der Waals surface area contributed by atoms with Crippen molar-refractivity contribution in [3.63, 3.8) is 0 Å². The summed E-state index contributed by atoms with van der Waals surface area (Å²) in [5.74, 6) is -1.43. The molecule has 0 radical (unpaired) electrons. The highest BCUT2D eigenvalue weighted by atomic mass is 19.4. The van der Waals surface area contributed by atoms with Crippen LogP contribution < -0.4 is 11.1 Å². The Balaban J connectivity index is 4.44. The predicted octanol–water partition coefficient (Wildman–Crippen LogP) is 0.887. The van der Waals surface area contributed by atoms with Crippen LogP contribution in [0.3, 0.4) is 0 Å². The number of rotatable bonds is 7. The van der Waals surface area contributed by atoms with Gasteiger partial charge in [-0.2, -0.15) is 13.2 Å². The Morgan fingerprint density at radius 3 is 2.25 bits per heavy atom. The normalized spacial score (nSPS) is 13.2. The predicted molar refractivity (Wildman–Crippen MR) is 68.7 cm³/mol. The van der Waals surface area contributed by atoms with Crippen molar-refractivity contribution in [2.75, 3.05) is 19.6 Å². The molecule has 0 fully saturated rings. The molecule has 0 rings (SSSR count). The van der Waals surface area contributed by atoms with Crippen LogP contribution in [0.5, 0.6) is 0 Å². The molecule has 0 unspecified atom stereocenters. The van der Waals surface area contributed by atoms with E-state index in [1.54, 1.807) is 20.8 Å². The number of alkyl halides is 3. The number of hydrogen-bond acceptors (Lipinski definition) is 3. The lowest BCUT2D eigenvalue weighted by atomic mass is 10.1. The van der Waals surface area contributed by atoms with E-state index in [-0.39, 0.29) is 12.5 Å². The van der Waals surface area contributed by atoms with Gasteiger partial charge in [-0.25, -0.2) is 0 Å². The van der Waals surface area contributed by atoms with Crippen molar-refractivity contribution in [2.45, 2.75) is 39.4 Å². The summed E-state index contributed by atoms with van der Waals surface area (Å²) in [6.07, 6.45) is -4.05. The largest absolute Gasteiger partial charge is 0.406 e. The third-order valence-electron chi connectivity index (χ3n) is 2.65. The Hall–Kier alpha value is -1.31. The monoisotopic (exact) mass is 297 g/mol. The van der Waals surface area contributed by atoms with Gasteiger partial charge in [0.1, 0.15) is 6.54 Å². The van der Waals surface area contributed by atoms with Crippen LogP contribution in [0.15, 0.2) is 0 Å². The first-order valence-corrected chi connectivity index (χ1v) is 6.46. The summed E-state index contributed by atoms with van der Waals surface area (Å²) < 4.78 is 37.0. The Labute approximate surface area is 116 Å². The molecule has 0 saturated carbocycles. The number of carbonyl (C=O) groups excluding carboxylic acids is 2. The number of hydrogen-bond donors (Lipinski definition) is 2. The second kappa shape index (κ2) is 8.08. The van der Waals surface area contributed by atoms with Gasteiger partial charge in [-0.15, -0.1) is 0 Å². The first-order chi connectivity index (χ1) is 9.08. The van der Waals surface area contributed by atoms with Crippen molar-refractivity contribution in [2.24, 2.45) is 11.7 Å². The molecule has 0 aliphatic carbocycles. The zero-order valence-corrected chi connectivity index (χ0v) is 12.0. The van der Waals surface area contributed by atoms with Crippen molar-refractivity contribution < 1.29 is 22.8 Å². The molecule has 118 valence electrons. The zero-order chi connectivity index (χ0) is 15.9. The maximum absolute atomic E-state index is 12.3. The van der Waals surface area contributed by atoms with Crippen molar-refractivity contribution in [1.29, 1.82) is 0 Å². The smallest absolute Gasteiger partial charge is 0.346 e. The summed E-state index contributed by atoms with van der Waals surface area (Å²) in [4.78, 5) is 23.9. The van der Waals surface area contributed by atoms with Crippen molar-refractivity contribution in [3.05, 3.63) is 0 Å². The van der Waals surface area contributed by atoms with Crippen LogP contribution in [0, 0.1) is 5.92 Å². The fourth-order valence-electron chi connectivity index (χ4n) is 1.47. The van der Waals surface area contributed by atoms with Crippen LogP contribution in [0.1, 0.15) is 27.2 Å². The van der Waals surface area contributed by atoms with Gasteiger partial charge in [-0.05, 0) is 12.3 Å². The maximum Gasteiger partial charge on any atom is 0.406 e. The lowest BCUT2D eigenvalue weighted by Crippen LogP contribution is -2.49. The van der Waals surface area contributed by atoms with Gasteiger partial charge < -0.3 is 16.0 Å². The molecule has 0 bridgehead atoms.